The molecule has 2 aromatic heterocycles. The number of ether oxygens (including phenoxy) is 2. The Kier molecular flexibility index (Phi) is 3.90. The molecule has 0 spiro atoms. The normalized spacial score (nSPS) is 27.0. The van der Waals surface area contributed by atoms with Crippen molar-refractivity contribution in [2.24, 2.45) is 5.41 Å². The zero-order chi connectivity index (χ0) is 15.7. The van der Waals surface area contributed by atoms with Gasteiger partial charge in [0.05, 0.1) is 24.3 Å². The maximum atomic E-state index is 6.04. The fraction of sp³-hybridized carbons (Fsp3) is 0.562. The second-order valence-corrected chi connectivity index (χ2v) is 7.42. The lowest BCUT2D eigenvalue weighted by atomic mass is 9.77. The first kappa shape index (κ1) is 14.8. The Morgan fingerprint density at radius 2 is 2.43 bits per heavy atom. The number of pyridine rings is 1. The van der Waals surface area contributed by atoms with Gasteiger partial charge < -0.3 is 14.4 Å². The third-order valence-corrected chi connectivity index (χ3v) is 5.62. The third kappa shape index (κ3) is 2.90. The third-order valence-electron chi connectivity index (χ3n) is 4.72. The molecule has 6 nitrogen and oxygen atoms in total. The van der Waals surface area contributed by atoms with Crippen LogP contribution in [0.2, 0.25) is 0 Å². The number of aryl methyl sites for hydroxylation is 1. The molecule has 2 fully saturated rings. The van der Waals surface area contributed by atoms with Crippen molar-refractivity contribution >= 4 is 16.5 Å². The fourth-order valence-corrected chi connectivity index (χ4v) is 4.20. The van der Waals surface area contributed by atoms with Crippen LogP contribution in [-0.4, -0.2) is 47.6 Å². The van der Waals surface area contributed by atoms with E-state index in [1.165, 1.54) is 0 Å². The predicted octanol–water partition coefficient (Wildman–Crippen LogP) is 2.31. The average Bonchev–Trinajstić information content (AvgIpc) is 3.20. The second-order valence-electron chi connectivity index (χ2n) is 6.26. The van der Waals surface area contributed by atoms with Gasteiger partial charge in [0.2, 0.25) is 5.13 Å². The van der Waals surface area contributed by atoms with Crippen molar-refractivity contribution in [2.45, 2.75) is 25.9 Å². The SMILES string of the molecule is Cc1nnc(N2CC[C@@H]3OCC[C@]3(COc3cccnc3)C2)s1. The molecule has 2 atom stereocenters. The highest BCUT2D eigenvalue weighted by molar-refractivity contribution is 7.15. The average molecular weight is 332 g/mol. The highest BCUT2D eigenvalue weighted by Crippen LogP contribution is 2.42. The van der Waals surface area contributed by atoms with Gasteiger partial charge in [-0.05, 0) is 31.9 Å². The molecule has 2 aliphatic rings. The number of piperidine rings is 1. The molecule has 0 bridgehead atoms. The quantitative estimate of drug-likeness (QED) is 0.856. The number of fused-ring (bicyclic) bond motifs is 1. The number of hydrogen-bond donors (Lipinski definition) is 0. The lowest BCUT2D eigenvalue weighted by Crippen LogP contribution is -2.52. The van der Waals surface area contributed by atoms with Gasteiger partial charge in [-0.3, -0.25) is 4.98 Å². The van der Waals surface area contributed by atoms with E-state index in [-0.39, 0.29) is 11.5 Å². The minimum Gasteiger partial charge on any atom is -0.491 e. The van der Waals surface area contributed by atoms with Gasteiger partial charge in [0, 0.05) is 25.9 Å². The maximum Gasteiger partial charge on any atom is 0.208 e. The van der Waals surface area contributed by atoms with Gasteiger partial charge in [-0.2, -0.15) is 0 Å². The van der Waals surface area contributed by atoms with Crippen LogP contribution in [0.3, 0.4) is 0 Å². The molecule has 23 heavy (non-hydrogen) atoms. The predicted molar refractivity (Wildman–Crippen MR) is 88.0 cm³/mol. The van der Waals surface area contributed by atoms with Crippen LogP contribution >= 0.6 is 11.3 Å². The van der Waals surface area contributed by atoms with Gasteiger partial charge in [0.1, 0.15) is 10.8 Å². The van der Waals surface area contributed by atoms with Crippen molar-refractivity contribution < 1.29 is 9.47 Å². The Labute approximate surface area is 139 Å². The smallest absolute Gasteiger partial charge is 0.208 e. The summed E-state index contributed by atoms with van der Waals surface area (Å²) in [5.41, 5.74) is 0.0215. The van der Waals surface area contributed by atoms with Crippen LogP contribution in [0, 0.1) is 12.3 Å². The van der Waals surface area contributed by atoms with Crippen molar-refractivity contribution in [3.63, 3.8) is 0 Å². The van der Waals surface area contributed by atoms with E-state index in [2.05, 4.69) is 20.1 Å². The molecule has 4 heterocycles. The Morgan fingerprint density at radius 1 is 1.48 bits per heavy atom. The lowest BCUT2D eigenvalue weighted by molar-refractivity contribution is 0.00825. The van der Waals surface area contributed by atoms with Crippen LogP contribution in [0.15, 0.2) is 24.5 Å². The highest BCUT2D eigenvalue weighted by atomic mass is 32.1. The molecule has 2 aromatic rings. The van der Waals surface area contributed by atoms with Crippen molar-refractivity contribution in [3.05, 3.63) is 29.5 Å². The minimum absolute atomic E-state index is 0.0215. The summed E-state index contributed by atoms with van der Waals surface area (Å²) >= 11 is 1.65. The molecule has 0 aliphatic carbocycles. The van der Waals surface area contributed by atoms with Crippen LogP contribution in [-0.2, 0) is 4.74 Å². The van der Waals surface area contributed by atoms with E-state index in [1.54, 1.807) is 23.7 Å². The van der Waals surface area contributed by atoms with Gasteiger partial charge >= 0.3 is 0 Å². The molecule has 0 saturated carbocycles. The zero-order valence-electron chi connectivity index (χ0n) is 13.1. The molecule has 0 unspecified atom stereocenters. The molecular formula is C16H20N4O2S. The molecule has 0 amide bonds. The molecule has 4 rings (SSSR count). The van der Waals surface area contributed by atoms with E-state index in [4.69, 9.17) is 9.47 Å². The Balaban J connectivity index is 1.51. The number of aromatic nitrogens is 3. The summed E-state index contributed by atoms with van der Waals surface area (Å²) in [6.07, 6.45) is 5.81. The summed E-state index contributed by atoms with van der Waals surface area (Å²) in [6.45, 7) is 5.33. The molecule has 122 valence electrons. The van der Waals surface area contributed by atoms with Gasteiger partial charge in [0.25, 0.3) is 0 Å². The fourth-order valence-electron chi connectivity index (χ4n) is 3.49. The molecule has 2 aliphatic heterocycles. The van der Waals surface area contributed by atoms with Crippen molar-refractivity contribution in [2.75, 3.05) is 31.2 Å². The topological polar surface area (TPSA) is 60.4 Å². The van der Waals surface area contributed by atoms with Gasteiger partial charge in [0.15, 0.2) is 0 Å². The Morgan fingerprint density at radius 3 is 3.22 bits per heavy atom. The van der Waals surface area contributed by atoms with Gasteiger partial charge in [-0.25, -0.2) is 0 Å². The van der Waals surface area contributed by atoms with E-state index in [0.717, 1.165) is 48.4 Å². The molecule has 0 aromatic carbocycles. The van der Waals surface area contributed by atoms with E-state index in [1.807, 2.05) is 19.1 Å². The van der Waals surface area contributed by atoms with Crippen molar-refractivity contribution in [1.29, 1.82) is 0 Å². The van der Waals surface area contributed by atoms with E-state index < -0.39 is 0 Å². The monoisotopic (exact) mass is 332 g/mol. The summed E-state index contributed by atoms with van der Waals surface area (Å²) in [5.74, 6) is 0.816. The number of nitrogens with zero attached hydrogens (tertiary/aromatic N) is 4. The zero-order valence-corrected chi connectivity index (χ0v) is 14.0. The Hall–Kier alpha value is -1.73. The van der Waals surface area contributed by atoms with Crippen LogP contribution in [0.1, 0.15) is 17.8 Å². The summed E-state index contributed by atoms with van der Waals surface area (Å²) in [5, 5.41) is 10.5. The highest BCUT2D eigenvalue weighted by Gasteiger charge is 2.49. The maximum absolute atomic E-state index is 6.04. The van der Waals surface area contributed by atoms with Gasteiger partial charge in [-0.1, -0.05) is 11.3 Å². The molecule has 2 saturated heterocycles. The summed E-state index contributed by atoms with van der Waals surface area (Å²) in [4.78, 5) is 6.45. The molecule has 0 radical (unpaired) electrons. The van der Waals surface area contributed by atoms with Crippen LogP contribution in [0.25, 0.3) is 0 Å². The van der Waals surface area contributed by atoms with Gasteiger partial charge in [-0.15, -0.1) is 10.2 Å². The van der Waals surface area contributed by atoms with Crippen LogP contribution in [0.5, 0.6) is 5.75 Å². The van der Waals surface area contributed by atoms with Crippen LogP contribution in [0.4, 0.5) is 5.13 Å². The number of hydrogen-bond acceptors (Lipinski definition) is 7. The first-order chi connectivity index (χ1) is 11.3. The molecular weight excluding hydrogens is 312 g/mol. The standard InChI is InChI=1S/C16H20N4O2S/c1-12-18-19-15(23-12)20-7-4-14-16(10-20,5-8-21-14)11-22-13-3-2-6-17-9-13/h2-3,6,9,14H,4-5,7-8,10-11H2,1H3/t14-,16+/m0/s1. The molecule has 7 heteroatoms. The minimum atomic E-state index is 0.0215. The first-order valence-corrected chi connectivity index (χ1v) is 8.76. The van der Waals surface area contributed by atoms with Crippen molar-refractivity contribution in [3.8, 4) is 5.75 Å². The lowest BCUT2D eigenvalue weighted by Gasteiger charge is -2.43. The van der Waals surface area contributed by atoms with Crippen molar-refractivity contribution in [1.82, 2.24) is 15.2 Å². The van der Waals surface area contributed by atoms with E-state index >= 15 is 0 Å². The van der Waals surface area contributed by atoms with Crippen LogP contribution < -0.4 is 9.64 Å². The summed E-state index contributed by atoms with van der Waals surface area (Å²) in [6, 6.07) is 3.84. The Bertz CT molecular complexity index is 665. The number of rotatable bonds is 4. The largest absolute Gasteiger partial charge is 0.491 e. The second kappa shape index (κ2) is 6.05. The summed E-state index contributed by atoms with van der Waals surface area (Å²) < 4.78 is 12.0. The van der Waals surface area contributed by atoms with E-state index in [0.29, 0.717) is 6.61 Å². The summed E-state index contributed by atoms with van der Waals surface area (Å²) in [7, 11) is 0. The van der Waals surface area contributed by atoms with E-state index in [9.17, 15) is 0 Å². The number of anilines is 1. The molecule has 0 N–H and O–H groups in total. The first-order valence-electron chi connectivity index (χ1n) is 7.95.